The first-order chi connectivity index (χ1) is 20.6. The summed E-state index contributed by atoms with van der Waals surface area (Å²) in [7, 11) is 4.48. The molecule has 1 aliphatic heterocycles. The summed E-state index contributed by atoms with van der Waals surface area (Å²) in [6.07, 6.45) is 1.30. The molecule has 0 saturated carbocycles. The predicted octanol–water partition coefficient (Wildman–Crippen LogP) is 6.79. The number of aliphatic hydroxyl groups is 1. The van der Waals surface area contributed by atoms with E-state index in [-0.39, 0.29) is 35.1 Å². The number of amidine groups is 1. The van der Waals surface area contributed by atoms with Crippen LogP contribution in [0.5, 0.6) is 17.2 Å². The molecule has 3 aromatic rings. The van der Waals surface area contributed by atoms with Gasteiger partial charge in [0.2, 0.25) is 5.75 Å². The van der Waals surface area contributed by atoms with E-state index in [1.54, 1.807) is 42.2 Å². The second-order valence-corrected chi connectivity index (χ2v) is 10.6. The average Bonchev–Trinajstić information content (AvgIpc) is 3.00. The van der Waals surface area contributed by atoms with Crippen LogP contribution in [0.2, 0.25) is 0 Å². The van der Waals surface area contributed by atoms with E-state index in [1.807, 2.05) is 19.1 Å². The Morgan fingerprint density at radius 3 is 2.21 bits per heavy atom. The van der Waals surface area contributed by atoms with E-state index in [0.717, 1.165) is 5.56 Å². The number of rotatable bonds is 7. The summed E-state index contributed by atoms with van der Waals surface area (Å²) in [5.74, 6) is -0.170. The quantitative estimate of drug-likeness (QED) is 0.176. The molecule has 10 nitrogen and oxygen atoms in total. The van der Waals surface area contributed by atoms with Gasteiger partial charge < -0.3 is 19.3 Å². The molecule has 43 heavy (non-hydrogen) atoms. The number of ketones is 1. The zero-order chi connectivity index (χ0) is 31.0. The van der Waals surface area contributed by atoms with Gasteiger partial charge in [-0.25, -0.2) is 0 Å². The van der Waals surface area contributed by atoms with Crippen molar-refractivity contribution in [2.45, 2.75) is 39.0 Å². The number of benzene rings is 3. The third-order valence-electron chi connectivity index (χ3n) is 8.00. The molecular formula is C33H33N3O7. The SMILES string of the molecule is COc1cc(C2C(=C(O)c3ccc(C)cc3)C(=N)N(c3cc([N+](=O)[O-])ccc3C)C3=C2C(=O)CCC3)cc(OC)c1OC. The number of non-ortho nitro benzene ring substituents is 1. The molecule has 0 radical (unpaired) electrons. The lowest BCUT2D eigenvalue weighted by atomic mass is 9.73. The molecule has 5 rings (SSSR count). The van der Waals surface area contributed by atoms with E-state index in [1.165, 1.54) is 33.5 Å². The lowest BCUT2D eigenvalue weighted by Crippen LogP contribution is -2.42. The molecule has 2 aliphatic rings. The number of aryl methyl sites for hydroxylation is 2. The number of hydrogen-bond acceptors (Lipinski definition) is 8. The number of carbonyl (C=O) groups excluding carboxylic acids is 1. The number of anilines is 1. The highest BCUT2D eigenvalue weighted by Gasteiger charge is 2.44. The Kier molecular flexibility index (Phi) is 7.95. The molecule has 1 atom stereocenters. The molecule has 0 amide bonds. The zero-order valence-electron chi connectivity index (χ0n) is 24.7. The van der Waals surface area contributed by atoms with Crippen molar-refractivity contribution in [2.24, 2.45) is 0 Å². The van der Waals surface area contributed by atoms with Crippen LogP contribution >= 0.6 is 0 Å². The Hall–Kier alpha value is -5.12. The highest BCUT2D eigenvalue weighted by Crippen LogP contribution is 2.51. The van der Waals surface area contributed by atoms with Gasteiger partial charge in [0.25, 0.3) is 5.69 Å². The minimum Gasteiger partial charge on any atom is -0.507 e. The highest BCUT2D eigenvalue weighted by molar-refractivity contribution is 6.20. The normalized spacial score (nSPS) is 17.9. The van der Waals surface area contributed by atoms with Crippen LogP contribution in [0.25, 0.3) is 5.76 Å². The number of nitrogens with zero attached hydrogens (tertiary/aromatic N) is 2. The van der Waals surface area contributed by atoms with Crippen LogP contribution in [0.3, 0.4) is 0 Å². The topological polar surface area (TPSA) is 135 Å². The minimum atomic E-state index is -0.861. The first-order valence-electron chi connectivity index (χ1n) is 13.8. The van der Waals surface area contributed by atoms with Crippen LogP contribution in [0.1, 0.15) is 47.4 Å². The fourth-order valence-corrected chi connectivity index (χ4v) is 5.88. The molecule has 0 bridgehead atoms. The first kappa shape index (κ1) is 29.4. The summed E-state index contributed by atoms with van der Waals surface area (Å²) in [5, 5.41) is 33.3. The first-order valence-corrected chi connectivity index (χ1v) is 13.8. The Bertz CT molecular complexity index is 1680. The monoisotopic (exact) mass is 583 g/mol. The van der Waals surface area contributed by atoms with Crippen LogP contribution in [0.4, 0.5) is 11.4 Å². The van der Waals surface area contributed by atoms with Crippen molar-refractivity contribution >= 4 is 28.8 Å². The summed E-state index contributed by atoms with van der Waals surface area (Å²) in [6, 6.07) is 15.1. The van der Waals surface area contributed by atoms with Crippen molar-refractivity contribution in [3.05, 3.63) is 104 Å². The van der Waals surface area contributed by atoms with Crippen molar-refractivity contribution in [3.63, 3.8) is 0 Å². The maximum absolute atomic E-state index is 13.9. The third kappa shape index (κ3) is 5.09. The highest BCUT2D eigenvalue weighted by atomic mass is 16.6. The van der Waals surface area contributed by atoms with Gasteiger partial charge in [0.15, 0.2) is 17.3 Å². The fourth-order valence-electron chi connectivity index (χ4n) is 5.88. The maximum Gasteiger partial charge on any atom is 0.271 e. The molecule has 0 spiro atoms. The second kappa shape index (κ2) is 11.6. The summed E-state index contributed by atoms with van der Waals surface area (Å²) in [5.41, 5.74) is 4.12. The fraction of sp³-hybridized carbons (Fsp3) is 0.273. The largest absolute Gasteiger partial charge is 0.507 e. The Morgan fingerprint density at radius 1 is 0.977 bits per heavy atom. The summed E-state index contributed by atoms with van der Waals surface area (Å²) < 4.78 is 16.8. The van der Waals surface area contributed by atoms with E-state index in [2.05, 4.69) is 0 Å². The molecular weight excluding hydrogens is 550 g/mol. The lowest BCUT2D eigenvalue weighted by Gasteiger charge is -2.42. The van der Waals surface area contributed by atoms with Crippen molar-refractivity contribution in [1.82, 2.24) is 0 Å². The van der Waals surface area contributed by atoms with Crippen LogP contribution < -0.4 is 19.1 Å². The van der Waals surface area contributed by atoms with Crippen molar-refractivity contribution in [1.29, 1.82) is 5.41 Å². The Morgan fingerprint density at radius 2 is 1.63 bits per heavy atom. The molecule has 1 aliphatic carbocycles. The van der Waals surface area contributed by atoms with Crippen molar-refractivity contribution in [3.8, 4) is 17.2 Å². The Labute approximate surface area is 249 Å². The number of nitro groups is 1. The lowest BCUT2D eigenvalue weighted by molar-refractivity contribution is -0.384. The van der Waals surface area contributed by atoms with E-state index in [9.17, 15) is 25.4 Å². The molecule has 0 fully saturated rings. The molecule has 0 aromatic heterocycles. The standard InChI is InChI=1S/C33H33N3O7/c1-18-9-12-20(13-10-18)31(38)30-28(21-15-26(41-3)32(43-5)27(16-21)42-4)29-23(7-6-8-25(29)37)35(33(30)34)24-17-22(36(39)40)14-11-19(24)2/h9-17,28,34,38H,6-8H2,1-5H3. The number of ether oxygens (including phenoxy) is 3. The van der Waals surface area contributed by atoms with Gasteiger partial charge in [0, 0.05) is 46.9 Å². The van der Waals surface area contributed by atoms with Gasteiger partial charge in [-0.2, -0.15) is 0 Å². The van der Waals surface area contributed by atoms with Crippen LogP contribution in [0, 0.1) is 29.4 Å². The van der Waals surface area contributed by atoms with Gasteiger partial charge in [-0.3, -0.25) is 25.2 Å². The van der Waals surface area contributed by atoms with Gasteiger partial charge in [-0.1, -0.05) is 35.9 Å². The molecule has 1 unspecified atom stereocenters. The third-order valence-corrected chi connectivity index (χ3v) is 8.00. The second-order valence-electron chi connectivity index (χ2n) is 10.6. The number of carbonyl (C=O) groups is 1. The number of Topliss-reactive ketones (excluding diaryl/α,β-unsaturated/α-hetero) is 1. The van der Waals surface area contributed by atoms with Gasteiger partial charge in [-0.05, 0) is 49.9 Å². The number of aliphatic hydroxyl groups excluding tert-OH is 1. The van der Waals surface area contributed by atoms with Gasteiger partial charge in [0.05, 0.1) is 31.9 Å². The Balaban J connectivity index is 1.89. The van der Waals surface area contributed by atoms with Gasteiger partial charge in [-0.15, -0.1) is 0 Å². The average molecular weight is 584 g/mol. The number of hydrogen-bond donors (Lipinski definition) is 2. The minimum absolute atomic E-state index is 0.0890. The molecule has 0 saturated heterocycles. The van der Waals surface area contributed by atoms with E-state index >= 15 is 0 Å². The van der Waals surface area contributed by atoms with E-state index in [0.29, 0.717) is 63.7 Å². The van der Waals surface area contributed by atoms with Gasteiger partial charge >= 0.3 is 0 Å². The van der Waals surface area contributed by atoms with Crippen LogP contribution in [-0.2, 0) is 4.79 Å². The number of methoxy groups -OCH3 is 3. The van der Waals surface area contributed by atoms with Crippen LogP contribution in [0.15, 0.2) is 71.4 Å². The molecule has 3 aromatic carbocycles. The van der Waals surface area contributed by atoms with Crippen LogP contribution in [-0.4, -0.2) is 43.0 Å². The smallest absolute Gasteiger partial charge is 0.271 e. The molecule has 2 N–H and O–H groups in total. The summed E-state index contributed by atoms with van der Waals surface area (Å²) >= 11 is 0. The van der Waals surface area contributed by atoms with Crippen molar-refractivity contribution in [2.75, 3.05) is 26.2 Å². The summed E-state index contributed by atoms with van der Waals surface area (Å²) in [4.78, 5) is 26.7. The summed E-state index contributed by atoms with van der Waals surface area (Å²) in [6.45, 7) is 3.73. The van der Waals surface area contributed by atoms with Crippen molar-refractivity contribution < 1.29 is 29.0 Å². The predicted molar refractivity (Wildman–Crippen MR) is 163 cm³/mol. The van der Waals surface area contributed by atoms with Gasteiger partial charge in [0.1, 0.15) is 11.6 Å². The number of allylic oxidation sites excluding steroid dienone is 2. The molecule has 1 heterocycles. The maximum atomic E-state index is 13.9. The molecule has 10 heteroatoms. The van der Waals surface area contributed by atoms with E-state index in [4.69, 9.17) is 14.2 Å². The number of nitrogens with one attached hydrogen (secondary N) is 1. The zero-order valence-corrected chi connectivity index (χ0v) is 24.7. The van der Waals surface area contributed by atoms with E-state index < -0.39 is 10.8 Å². The number of nitro benzene ring substituents is 1. The molecule has 222 valence electrons.